The first-order chi connectivity index (χ1) is 12.1. The standard InChI is InChI=1S/C22H12Br2O/c23-22(24)18-12-6-5-11-17(18)21(25)19-15-9-3-1-7-13(15)14-8-2-4-10-16(14)20(19)22/h1-12H. The Hall–Kier alpha value is -1.97. The van der Waals surface area contributed by atoms with E-state index >= 15 is 0 Å². The SMILES string of the molecule is O=C1c2ccccc2C(Br)(Br)c2c1c1ccccc1c1ccccc21. The molecule has 3 heteroatoms. The molecule has 25 heavy (non-hydrogen) atoms. The van der Waals surface area contributed by atoms with Crippen molar-refractivity contribution in [1.29, 1.82) is 0 Å². The molecule has 0 bridgehead atoms. The predicted molar refractivity (Wildman–Crippen MR) is 110 cm³/mol. The number of alkyl halides is 2. The minimum atomic E-state index is -0.594. The number of fused-ring (bicyclic) bond motifs is 7. The summed E-state index contributed by atoms with van der Waals surface area (Å²) in [6.45, 7) is 0. The maximum Gasteiger partial charge on any atom is 0.194 e. The lowest BCUT2D eigenvalue weighted by Crippen LogP contribution is -2.26. The van der Waals surface area contributed by atoms with E-state index in [1.807, 2.05) is 54.6 Å². The second-order valence-corrected chi connectivity index (χ2v) is 9.73. The maximum absolute atomic E-state index is 13.4. The Bertz CT molecular complexity index is 1190. The summed E-state index contributed by atoms with van der Waals surface area (Å²) in [7, 11) is 0. The van der Waals surface area contributed by atoms with E-state index in [1.165, 1.54) is 0 Å². The highest BCUT2D eigenvalue weighted by atomic mass is 79.9. The van der Waals surface area contributed by atoms with Crippen LogP contribution in [0.15, 0.2) is 72.8 Å². The number of hydrogen-bond acceptors (Lipinski definition) is 1. The lowest BCUT2D eigenvalue weighted by molar-refractivity contribution is 0.103. The molecular weight excluding hydrogens is 440 g/mol. The minimum absolute atomic E-state index is 0.0853. The molecule has 1 aliphatic rings. The monoisotopic (exact) mass is 450 g/mol. The van der Waals surface area contributed by atoms with Crippen LogP contribution in [0.4, 0.5) is 0 Å². The molecule has 4 aromatic rings. The third kappa shape index (κ3) is 1.97. The van der Waals surface area contributed by atoms with Crippen molar-refractivity contribution in [1.82, 2.24) is 0 Å². The first kappa shape index (κ1) is 15.3. The van der Waals surface area contributed by atoms with Crippen molar-refractivity contribution in [3.8, 4) is 0 Å². The van der Waals surface area contributed by atoms with E-state index in [-0.39, 0.29) is 5.78 Å². The highest BCUT2D eigenvalue weighted by molar-refractivity contribution is 9.25. The molecule has 0 heterocycles. The van der Waals surface area contributed by atoms with Crippen molar-refractivity contribution in [3.63, 3.8) is 0 Å². The van der Waals surface area contributed by atoms with Gasteiger partial charge in [-0.1, -0.05) is 105 Å². The van der Waals surface area contributed by atoms with Crippen molar-refractivity contribution in [2.24, 2.45) is 0 Å². The summed E-state index contributed by atoms with van der Waals surface area (Å²) >= 11 is 7.78. The summed E-state index contributed by atoms with van der Waals surface area (Å²) in [5.74, 6) is 0.0853. The largest absolute Gasteiger partial charge is 0.289 e. The molecule has 0 aliphatic heterocycles. The van der Waals surface area contributed by atoms with Crippen LogP contribution in [0.1, 0.15) is 27.0 Å². The van der Waals surface area contributed by atoms with E-state index in [2.05, 4.69) is 50.1 Å². The maximum atomic E-state index is 13.4. The zero-order valence-electron chi connectivity index (χ0n) is 13.1. The summed E-state index contributed by atoms with van der Waals surface area (Å²) in [6, 6.07) is 24.2. The molecule has 4 aromatic carbocycles. The first-order valence-electron chi connectivity index (χ1n) is 8.06. The molecule has 1 nitrogen and oxygen atoms in total. The van der Waals surface area contributed by atoms with Gasteiger partial charge in [0.1, 0.15) is 3.23 Å². The fraction of sp³-hybridized carbons (Fsp3) is 0.0455. The molecule has 5 rings (SSSR count). The van der Waals surface area contributed by atoms with E-state index in [4.69, 9.17) is 0 Å². The summed E-state index contributed by atoms with van der Waals surface area (Å²) in [5.41, 5.74) is 3.46. The Balaban J connectivity index is 2.08. The van der Waals surface area contributed by atoms with Gasteiger partial charge in [0, 0.05) is 16.7 Å². The van der Waals surface area contributed by atoms with Gasteiger partial charge in [0.2, 0.25) is 0 Å². The molecular formula is C22H12Br2O. The predicted octanol–water partition coefficient (Wildman–Crippen LogP) is 6.53. The first-order valence-corrected chi connectivity index (χ1v) is 9.65. The van der Waals surface area contributed by atoms with Crippen LogP contribution in [0.3, 0.4) is 0 Å². The highest BCUT2D eigenvalue weighted by Crippen LogP contribution is 2.54. The third-order valence-electron chi connectivity index (χ3n) is 4.98. The Morgan fingerprint density at radius 2 is 1.16 bits per heavy atom. The average Bonchev–Trinajstić information content (AvgIpc) is 2.65. The van der Waals surface area contributed by atoms with Crippen LogP contribution in [-0.2, 0) is 3.23 Å². The van der Waals surface area contributed by atoms with Gasteiger partial charge in [-0.3, -0.25) is 4.79 Å². The van der Waals surface area contributed by atoms with Gasteiger partial charge in [0.25, 0.3) is 0 Å². The zero-order valence-corrected chi connectivity index (χ0v) is 16.3. The van der Waals surface area contributed by atoms with Crippen LogP contribution >= 0.6 is 31.9 Å². The van der Waals surface area contributed by atoms with Gasteiger partial charge in [-0.05, 0) is 27.1 Å². The molecule has 0 saturated heterocycles. The Kier molecular flexibility index (Phi) is 3.22. The van der Waals surface area contributed by atoms with E-state index in [0.717, 1.165) is 43.8 Å². The molecule has 0 amide bonds. The van der Waals surface area contributed by atoms with Crippen molar-refractivity contribution in [3.05, 3.63) is 95.1 Å². The molecule has 0 saturated carbocycles. The number of halogens is 2. The van der Waals surface area contributed by atoms with Gasteiger partial charge in [-0.2, -0.15) is 0 Å². The number of rotatable bonds is 0. The van der Waals surface area contributed by atoms with Crippen LogP contribution in [0.25, 0.3) is 21.5 Å². The highest BCUT2D eigenvalue weighted by Gasteiger charge is 2.42. The van der Waals surface area contributed by atoms with Gasteiger partial charge >= 0.3 is 0 Å². The zero-order chi connectivity index (χ0) is 17.2. The number of hydrogen-bond donors (Lipinski definition) is 0. The molecule has 0 N–H and O–H groups in total. The molecule has 0 fully saturated rings. The topological polar surface area (TPSA) is 17.1 Å². The Labute approximate surface area is 161 Å². The molecule has 120 valence electrons. The van der Waals surface area contributed by atoms with Gasteiger partial charge in [0.15, 0.2) is 5.78 Å². The Morgan fingerprint density at radius 3 is 1.88 bits per heavy atom. The fourth-order valence-electron chi connectivity index (χ4n) is 3.93. The Morgan fingerprint density at radius 1 is 0.640 bits per heavy atom. The van der Waals surface area contributed by atoms with E-state index < -0.39 is 3.23 Å². The molecule has 0 atom stereocenters. The number of ketones is 1. The summed E-state index contributed by atoms with van der Waals surface area (Å²) in [4.78, 5) is 13.4. The van der Waals surface area contributed by atoms with Gasteiger partial charge in [0.05, 0.1) is 0 Å². The van der Waals surface area contributed by atoms with Crippen molar-refractivity contribution in [2.45, 2.75) is 3.23 Å². The second kappa shape index (κ2) is 5.26. The smallest absolute Gasteiger partial charge is 0.194 e. The number of carbonyl (C=O) groups is 1. The van der Waals surface area contributed by atoms with Gasteiger partial charge < -0.3 is 0 Å². The lowest BCUT2D eigenvalue weighted by atomic mass is 9.79. The normalized spacial score (nSPS) is 15.2. The van der Waals surface area contributed by atoms with Crippen molar-refractivity contribution < 1.29 is 4.79 Å². The van der Waals surface area contributed by atoms with Crippen LogP contribution in [0.5, 0.6) is 0 Å². The van der Waals surface area contributed by atoms with Crippen LogP contribution in [0.2, 0.25) is 0 Å². The molecule has 0 unspecified atom stereocenters. The lowest BCUT2D eigenvalue weighted by Gasteiger charge is -2.33. The number of benzene rings is 4. The van der Waals surface area contributed by atoms with Gasteiger partial charge in [-0.15, -0.1) is 0 Å². The van der Waals surface area contributed by atoms with Crippen molar-refractivity contribution >= 4 is 59.2 Å². The summed E-state index contributed by atoms with van der Waals surface area (Å²) < 4.78 is -0.594. The van der Waals surface area contributed by atoms with E-state index in [1.54, 1.807) is 0 Å². The van der Waals surface area contributed by atoms with E-state index in [9.17, 15) is 4.79 Å². The summed E-state index contributed by atoms with van der Waals surface area (Å²) in [5, 5.41) is 4.36. The van der Waals surface area contributed by atoms with Crippen LogP contribution in [-0.4, -0.2) is 5.78 Å². The molecule has 0 aromatic heterocycles. The van der Waals surface area contributed by atoms with E-state index in [0.29, 0.717) is 0 Å². The third-order valence-corrected chi connectivity index (χ3v) is 6.63. The van der Waals surface area contributed by atoms with Gasteiger partial charge in [-0.25, -0.2) is 0 Å². The number of carbonyl (C=O) groups excluding carboxylic acids is 1. The van der Waals surface area contributed by atoms with Crippen LogP contribution < -0.4 is 0 Å². The quantitative estimate of drug-likeness (QED) is 0.219. The summed E-state index contributed by atoms with van der Waals surface area (Å²) in [6.07, 6.45) is 0. The molecule has 0 spiro atoms. The fourth-order valence-corrected chi connectivity index (χ4v) is 5.44. The van der Waals surface area contributed by atoms with Crippen molar-refractivity contribution in [2.75, 3.05) is 0 Å². The average molecular weight is 452 g/mol. The molecule has 0 radical (unpaired) electrons. The molecule has 1 aliphatic carbocycles. The second-order valence-electron chi connectivity index (χ2n) is 6.29. The minimum Gasteiger partial charge on any atom is -0.289 e. The van der Waals surface area contributed by atoms with Crippen LogP contribution in [0, 0.1) is 0 Å².